The largest absolute Gasteiger partial charge is 0.354 e. The summed E-state index contributed by atoms with van der Waals surface area (Å²) in [6.45, 7) is 3.37. The number of rotatable bonds is 5. The van der Waals surface area contributed by atoms with Crippen LogP contribution in [0.4, 0.5) is 5.95 Å². The number of nitrogens with one attached hydrogen (secondary N) is 3. The number of hydrogen-bond acceptors (Lipinski definition) is 5. The molecule has 0 unspecified atom stereocenters. The Balaban J connectivity index is 1.48. The van der Waals surface area contributed by atoms with E-state index in [0.29, 0.717) is 29.6 Å². The predicted octanol–water partition coefficient (Wildman–Crippen LogP) is 2.34. The summed E-state index contributed by atoms with van der Waals surface area (Å²) in [4.78, 5) is 24.4. The molecule has 28 heavy (non-hydrogen) atoms. The lowest BCUT2D eigenvalue weighted by atomic mass is 10.0. The Hall–Kier alpha value is -3.19. The molecule has 0 aliphatic carbocycles. The lowest BCUT2D eigenvalue weighted by Gasteiger charge is -2.10. The molecule has 3 N–H and O–H groups in total. The standard InChI is InChI=1S/C21H22N6O/c28-21-25-18-12-24-20(23-11-14-8-9-22-10-14)26-19(18)27(21)13-16-6-3-5-15-4-1-2-7-17(15)16/h1-7,12,14,22H,8-11,13H2,(H,25,28)(H,23,24,26)/t14-/m1/s1. The molecule has 1 atom stereocenters. The molecule has 142 valence electrons. The zero-order valence-electron chi connectivity index (χ0n) is 15.5. The Morgan fingerprint density at radius 1 is 1.18 bits per heavy atom. The quantitative estimate of drug-likeness (QED) is 0.499. The fraction of sp³-hybridized carbons (Fsp3) is 0.286. The molecule has 1 saturated heterocycles. The highest BCUT2D eigenvalue weighted by molar-refractivity contribution is 5.85. The number of hydrogen-bond donors (Lipinski definition) is 3. The lowest BCUT2D eigenvalue weighted by Crippen LogP contribution is -2.19. The summed E-state index contributed by atoms with van der Waals surface area (Å²) in [5.41, 5.74) is 2.19. The monoisotopic (exact) mass is 374 g/mol. The van der Waals surface area contributed by atoms with E-state index in [-0.39, 0.29) is 5.69 Å². The molecule has 1 aliphatic rings. The van der Waals surface area contributed by atoms with Gasteiger partial charge in [0.05, 0.1) is 12.7 Å². The van der Waals surface area contributed by atoms with Crippen molar-refractivity contribution in [3.8, 4) is 0 Å². The highest BCUT2D eigenvalue weighted by Crippen LogP contribution is 2.20. The van der Waals surface area contributed by atoms with Gasteiger partial charge in [-0.2, -0.15) is 4.98 Å². The van der Waals surface area contributed by atoms with Crippen molar-refractivity contribution in [3.05, 3.63) is 64.7 Å². The number of anilines is 1. The molecule has 0 amide bonds. The van der Waals surface area contributed by atoms with Crippen molar-refractivity contribution in [1.29, 1.82) is 0 Å². The third-order valence-electron chi connectivity index (χ3n) is 5.43. The first-order chi connectivity index (χ1) is 13.8. The van der Waals surface area contributed by atoms with Crippen molar-refractivity contribution in [3.63, 3.8) is 0 Å². The minimum atomic E-state index is -0.172. The van der Waals surface area contributed by atoms with Crippen LogP contribution in [0.3, 0.4) is 0 Å². The van der Waals surface area contributed by atoms with Crippen molar-refractivity contribution in [2.45, 2.75) is 13.0 Å². The van der Waals surface area contributed by atoms with Gasteiger partial charge >= 0.3 is 5.69 Å². The summed E-state index contributed by atoms with van der Waals surface area (Å²) < 4.78 is 1.68. The third-order valence-corrected chi connectivity index (χ3v) is 5.43. The Morgan fingerprint density at radius 2 is 2.07 bits per heavy atom. The Labute approximate surface area is 161 Å². The number of aromatic amines is 1. The van der Waals surface area contributed by atoms with E-state index in [1.165, 1.54) is 0 Å². The Kier molecular flexibility index (Phi) is 4.29. The van der Waals surface area contributed by atoms with Crippen LogP contribution >= 0.6 is 0 Å². The van der Waals surface area contributed by atoms with Gasteiger partial charge in [-0.05, 0) is 41.8 Å². The molecule has 3 heterocycles. The smallest absolute Gasteiger partial charge is 0.328 e. The van der Waals surface area contributed by atoms with E-state index in [0.717, 1.165) is 42.4 Å². The van der Waals surface area contributed by atoms with Gasteiger partial charge in [-0.1, -0.05) is 42.5 Å². The molecule has 0 bridgehead atoms. The minimum absolute atomic E-state index is 0.172. The molecule has 7 nitrogen and oxygen atoms in total. The van der Waals surface area contributed by atoms with Gasteiger partial charge < -0.3 is 15.6 Å². The molecular formula is C21H22N6O. The maximum atomic E-state index is 12.6. The van der Waals surface area contributed by atoms with Crippen LogP contribution in [0, 0.1) is 5.92 Å². The minimum Gasteiger partial charge on any atom is -0.354 e. The van der Waals surface area contributed by atoms with Gasteiger partial charge in [0.1, 0.15) is 5.52 Å². The summed E-state index contributed by atoms with van der Waals surface area (Å²) in [7, 11) is 0. The van der Waals surface area contributed by atoms with Crippen LogP contribution < -0.4 is 16.3 Å². The summed E-state index contributed by atoms with van der Waals surface area (Å²) >= 11 is 0. The van der Waals surface area contributed by atoms with Gasteiger partial charge in [0.2, 0.25) is 5.95 Å². The molecule has 1 fully saturated rings. The third kappa shape index (κ3) is 3.14. The molecule has 1 aliphatic heterocycles. The second-order valence-corrected chi connectivity index (χ2v) is 7.33. The van der Waals surface area contributed by atoms with Crippen molar-refractivity contribution < 1.29 is 0 Å². The molecule has 0 spiro atoms. The summed E-state index contributed by atoms with van der Waals surface area (Å²) in [6, 6.07) is 14.4. The van der Waals surface area contributed by atoms with E-state index in [1.54, 1.807) is 10.8 Å². The van der Waals surface area contributed by atoms with Crippen LogP contribution in [0.5, 0.6) is 0 Å². The first kappa shape index (κ1) is 16.9. The van der Waals surface area contributed by atoms with Gasteiger partial charge in [0.25, 0.3) is 0 Å². The van der Waals surface area contributed by atoms with Crippen LogP contribution in [0.2, 0.25) is 0 Å². The molecule has 7 heteroatoms. The first-order valence-corrected chi connectivity index (χ1v) is 9.65. The first-order valence-electron chi connectivity index (χ1n) is 9.65. The summed E-state index contributed by atoms with van der Waals surface area (Å²) in [5, 5.41) is 8.99. The molecular weight excluding hydrogens is 352 g/mol. The zero-order valence-corrected chi connectivity index (χ0v) is 15.5. The number of fused-ring (bicyclic) bond motifs is 2. The van der Waals surface area contributed by atoms with Gasteiger partial charge in [0.15, 0.2) is 5.65 Å². The highest BCUT2D eigenvalue weighted by atomic mass is 16.1. The number of benzene rings is 2. The van der Waals surface area contributed by atoms with E-state index < -0.39 is 0 Å². The fourth-order valence-electron chi connectivity index (χ4n) is 3.90. The normalized spacial score (nSPS) is 16.8. The van der Waals surface area contributed by atoms with E-state index in [4.69, 9.17) is 0 Å². The number of imidazole rings is 1. The topological polar surface area (TPSA) is 87.6 Å². The van der Waals surface area contributed by atoms with Crippen LogP contribution in [-0.2, 0) is 6.54 Å². The molecule has 5 rings (SSSR count). The van der Waals surface area contributed by atoms with Crippen molar-refractivity contribution in [2.24, 2.45) is 5.92 Å². The van der Waals surface area contributed by atoms with Crippen LogP contribution in [-0.4, -0.2) is 39.2 Å². The SMILES string of the molecule is O=c1[nH]c2cnc(NC[C@@H]3CCNC3)nc2n1Cc1cccc2ccccc12. The molecule has 0 saturated carbocycles. The second kappa shape index (κ2) is 7.09. The van der Waals surface area contributed by atoms with Gasteiger partial charge in [-0.15, -0.1) is 0 Å². The molecule has 2 aromatic heterocycles. The van der Waals surface area contributed by atoms with E-state index in [1.807, 2.05) is 18.2 Å². The molecule has 0 radical (unpaired) electrons. The Morgan fingerprint density at radius 3 is 2.96 bits per heavy atom. The van der Waals surface area contributed by atoms with Gasteiger partial charge in [0, 0.05) is 6.54 Å². The van der Waals surface area contributed by atoms with Crippen molar-refractivity contribution in [1.82, 2.24) is 24.8 Å². The van der Waals surface area contributed by atoms with Crippen LogP contribution in [0.15, 0.2) is 53.5 Å². The maximum Gasteiger partial charge on any atom is 0.328 e. The average molecular weight is 374 g/mol. The van der Waals surface area contributed by atoms with E-state index in [9.17, 15) is 4.79 Å². The zero-order chi connectivity index (χ0) is 18.9. The fourth-order valence-corrected chi connectivity index (χ4v) is 3.90. The number of nitrogens with zero attached hydrogens (tertiary/aromatic N) is 3. The maximum absolute atomic E-state index is 12.6. The number of aromatic nitrogens is 4. The van der Waals surface area contributed by atoms with Gasteiger partial charge in [-0.3, -0.25) is 4.57 Å². The lowest BCUT2D eigenvalue weighted by molar-refractivity contribution is 0.613. The van der Waals surface area contributed by atoms with Crippen molar-refractivity contribution >= 4 is 27.9 Å². The molecule has 4 aromatic rings. The second-order valence-electron chi connectivity index (χ2n) is 7.33. The summed E-state index contributed by atoms with van der Waals surface area (Å²) in [5.74, 6) is 1.15. The molecule has 2 aromatic carbocycles. The summed E-state index contributed by atoms with van der Waals surface area (Å²) in [6.07, 6.45) is 2.84. The highest BCUT2D eigenvalue weighted by Gasteiger charge is 2.15. The van der Waals surface area contributed by atoms with E-state index in [2.05, 4.69) is 49.9 Å². The van der Waals surface area contributed by atoms with E-state index >= 15 is 0 Å². The van der Waals surface area contributed by atoms with Crippen LogP contribution in [0.25, 0.3) is 21.9 Å². The number of H-pyrrole nitrogens is 1. The predicted molar refractivity (Wildman–Crippen MR) is 111 cm³/mol. The van der Waals surface area contributed by atoms with Crippen LogP contribution in [0.1, 0.15) is 12.0 Å². The van der Waals surface area contributed by atoms with Gasteiger partial charge in [-0.25, -0.2) is 9.78 Å². The van der Waals surface area contributed by atoms with Crippen molar-refractivity contribution in [2.75, 3.05) is 25.0 Å². The Bertz CT molecular complexity index is 1180. The average Bonchev–Trinajstić information content (AvgIpc) is 3.35.